The third kappa shape index (κ3) is 2.43. The van der Waals surface area contributed by atoms with Crippen LogP contribution in [0.2, 0.25) is 0 Å². The zero-order chi connectivity index (χ0) is 12.8. The van der Waals surface area contributed by atoms with Crippen LogP contribution in [0.4, 0.5) is 0 Å². The standard InChI is InChI=1S/C15H26O2/c1-9-5-6-12-10(2)14(16)8-11(7-13(9)12)15(3,4)17/h6,9-11,13-14,16-17H,5,7-8H2,1-4H3/t9-,10+,11-,13-,14-/m0/s1. The third-order valence-corrected chi connectivity index (χ3v) is 5.01. The van der Waals surface area contributed by atoms with Crippen molar-refractivity contribution in [3.63, 3.8) is 0 Å². The Morgan fingerprint density at radius 1 is 1.24 bits per heavy atom. The number of hydrogen-bond acceptors (Lipinski definition) is 2. The molecule has 1 saturated carbocycles. The first-order valence-corrected chi connectivity index (χ1v) is 6.91. The van der Waals surface area contributed by atoms with E-state index in [2.05, 4.69) is 19.9 Å². The molecule has 2 aliphatic rings. The van der Waals surface area contributed by atoms with E-state index in [1.165, 1.54) is 5.57 Å². The van der Waals surface area contributed by atoms with Crippen molar-refractivity contribution in [1.82, 2.24) is 0 Å². The van der Waals surface area contributed by atoms with Gasteiger partial charge >= 0.3 is 0 Å². The van der Waals surface area contributed by atoms with E-state index < -0.39 is 5.60 Å². The highest BCUT2D eigenvalue weighted by molar-refractivity contribution is 5.20. The van der Waals surface area contributed by atoms with Crippen molar-refractivity contribution in [2.24, 2.45) is 23.7 Å². The predicted molar refractivity (Wildman–Crippen MR) is 69.5 cm³/mol. The quantitative estimate of drug-likeness (QED) is 0.690. The Kier molecular flexibility index (Phi) is 3.39. The molecule has 1 fully saturated rings. The molecule has 0 spiro atoms. The second-order valence-corrected chi connectivity index (χ2v) is 6.70. The Hall–Kier alpha value is -0.340. The van der Waals surface area contributed by atoms with Crippen molar-refractivity contribution in [3.8, 4) is 0 Å². The van der Waals surface area contributed by atoms with Crippen LogP contribution < -0.4 is 0 Å². The second-order valence-electron chi connectivity index (χ2n) is 6.70. The Morgan fingerprint density at radius 3 is 2.47 bits per heavy atom. The Balaban J connectivity index is 2.26. The van der Waals surface area contributed by atoms with Gasteiger partial charge in [-0.3, -0.25) is 0 Å². The lowest BCUT2D eigenvalue weighted by Gasteiger charge is -2.31. The van der Waals surface area contributed by atoms with Gasteiger partial charge in [0.25, 0.3) is 0 Å². The van der Waals surface area contributed by atoms with Crippen LogP contribution in [0.3, 0.4) is 0 Å². The Bertz CT molecular complexity index is 313. The molecule has 2 rings (SSSR count). The van der Waals surface area contributed by atoms with Gasteiger partial charge in [-0.05, 0) is 50.9 Å². The van der Waals surface area contributed by atoms with E-state index in [0.29, 0.717) is 11.8 Å². The second kappa shape index (κ2) is 4.40. The minimum Gasteiger partial charge on any atom is -0.393 e. The van der Waals surface area contributed by atoms with Crippen molar-refractivity contribution in [2.45, 2.75) is 58.7 Å². The molecule has 0 heterocycles. The summed E-state index contributed by atoms with van der Waals surface area (Å²) in [6.45, 7) is 8.18. The van der Waals surface area contributed by atoms with Gasteiger partial charge in [-0.25, -0.2) is 0 Å². The van der Waals surface area contributed by atoms with Gasteiger partial charge in [-0.1, -0.05) is 25.5 Å². The lowest BCUT2D eigenvalue weighted by Crippen LogP contribution is -2.34. The first-order chi connectivity index (χ1) is 7.80. The molecule has 0 amide bonds. The minimum absolute atomic E-state index is 0.205. The monoisotopic (exact) mass is 238 g/mol. The fourth-order valence-corrected chi connectivity index (χ4v) is 3.56. The molecule has 17 heavy (non-hydrogen) atoms. The molecule has 2 heteroatoms. The minimum atomic E-state index is -0.682. The van der Waals surface area contributed by atoms with Crippen LogP contribution in [0, 0.1) is 23.7 Å². The number of aliphatic hydroxyl groups is 2. The van der Waals surface area contributed by atoms with Crippen LogP contribution in [0.25, 0.3) is 0 Å². The van der Waals surface area contributed by atoms with E-state index in [1.54, 1.807) is 0 Å². The van der Waals surface area contributed by atoms with E-state index >= 15 is 0 Å². The van der Waals surface area contributed by atoms with Crippen molar-refractivity contribution >= 4 is 0 Å². The van der Waals surface area contributed by atoms with Gasteiger partial charge in [-0.15, -0.1) is 0 Å². The van der Waals surface area contributed by atoms with E-state index in [9.17, 15) is 10.2 Å². The number of aliphatic hydroxyl groups excluding tert-OH is 1. The van der Waals surface area contributed by atoms with E-state index in [4.69, 9.17) is 0 Å². The SMILES string of the molecule is C[C@@H]1C2=CC[C@H](C)[C@@H]2C[C@H](C(C)(C)O)C[C@@H]1O. The molecule has 98 valence electrons. The van der Waals surface area contributed by atoms with Gasteiger partial charge < -0.3 is 10.2 Å². The van der Waals surface area contributed by atoms with Gasteiger partial charge in [0, 0.05) is 5.92 Å². The van der Waals surface area contributed by atoms with Crippen molar-refractivity contribution in [2.75, 3.05) is 0 Å². The summed E-state index contributed by atoms with van der Waals surface area (Å²) in [5, 5.41) is 20.5. The van der Waals surface area contributed by atoms with Crippen molar-refractivity contribution in [1.29, 1.82) is 0 Å². The largest absolute Gasteiger partial charge is 0.393 e. The summed E-state index contributed by atoms with van der Waals surface area (Å²) < 4.78 is 0. The van der Waals surface area contributed by atoms with Crippen LogP contribution in [0.5, 0.6) is 0 Å². The van der Waals surface area contributed by atoms with E-state index in [0.717, 1.165) is 19.3 Å². The summed E-state index contributed by atoms with van der Waals surface area (Å²) in [6, 6.07) is 0. The molecule has 0 aromatic rings. The average Bonchev–Trinajstić information content (AvgIpc) is 2.50. The molecule has 2 N–H and O–H groups in total. The molecule has 0 aromatic carbocycles. The summed E-state index contributed by atoms with van der Waals surface area (Å²) in [5.74, 6) is 1.70. The zero-order valence-corrected chi connectivity index (χ0v) is 11.5. The fraction of sp³-hybridized carbons (Fsp3) is 0.867. The van der Waals surface area contributed by atoms with E-state index in [-0.39, 0.29) is 17.9 Å². The maximum atomic E-state index is 10.3. The summed E-state index contributed by atoms with van der Waals surface area (Å²) >= 11 is 0. The lowest BCUT2D eigenvalue weighted by molar-refractivity contribution is -0.0152. The maximum Gasteiger partial charge on any atom is 0.0620 e. The van der Waals surface area contributed by atoms with Gasteiger partial charge in [0.05, 0.1) is 11.7 Å². The molecule has 5 atom stereocenters. The van der Waals surface area contributed by atoms with Crippen molar-refractivity contribution in [3.05, 3.63) is 11.6 Å². The highest BCUT2D eigenvalue weighted by Gasteiger charge is 2.41. The summed E-state index contributed by atoms with van der Waals surface area (Å²) in [7, 11) is 0. The summed E-state index contributed by atoms with van der Waals surface area (Å²) in [4.78, 5) is 0. The smallest absolute Gasteiger partial charge is 0.0620 e. The fourth-order valence-electron chi connectivity index (χ4n) is 3.56. The molecule has 2 nitrogen and oxygen atoms in total. The third-order valence-electron chi connectivity index (χ3n) is 5.01. The average molecular weight is 238 g/mol. The number of rotatable bonds is 1. The van der Waals surface area contributed by atoms with Crippen LogP contribution in [0.1, 0.15) is 47.0 Å². The molecule has 0 saturated heterocycles. The van der Waals surface area contributed by atoms with Crippen LogP contribution in [-0.2, 0) is 0 Å². The number of hydrogen-bond donors (Lipinski definition) is 2. The molecule has 2 aliphatic carbocycles. The molecule has 0 radical (unpaired) electrons. The first-order valence-electron chi connectivity index (χ1n) is 6.91. The summed E-state index contributed by atoms with van der Waals surface area (Å²) in [5.41, 5.74) is 0.759. The highest BCUT2D eigenvalue weighted by atomic mass is 16.3. The molecule has 0 aliphatic heterocycles. The number of allylic oxidation sites excluding steroid dienone is 1. The molecule has 0 unspecified atom stereocenters. The number of fused-ring (bicyclic) bond motifs is 1. The normalized spacial score (nSPS) is 42.9. The van der Waals surface area contributed by atoms with Crippen LogP contribution >= 0.6 is 0 Å². The zero-order valence-electron chi connectivity index (χ0n) is 11.5. The van der Waals surface area contributed by atoms with Gasteiger partial charge in [0.2, 0.25) is 0 Å². The van der Waals surface area contributed by atoms with E-state index in [1.807, 2.05) is 13.8 Å². The van der Waals surface area contributed by atoms with Gasteiger partial charge in [-0.2, -0.15) is 0 Å². The molecular formula is C15H26O2. The highest BCUT2D eigenvalue weighted by Crippen LogP contribution is 2.47. The molecular weight excluding hydrogens is 212 g/mol. The molecule has 0 aromatic heterocycles. The topological polar surface area (TPSA) is 40.5 Å². The first kappa shape index (κ1) is 13.1. The summed E-state index contributed by atoms with van der Waals surface area (Å²) in [6.07, 6.45) is 4.92. The Labute approximate surface area is 105 Å². The van der Waals surface area contributed by atoms with Crippen molar-refractivity contribution < 1.29 is 10.2 Å². The van der Waals surface area contributed by atoms with Gasteiger partial charge in [0.15, 0.2) is 0 Å². The predicted octanol–water partition coefficient (Wildman–Crippen LogP) is 2.75. The van der Waals surface area contributed by atoms with Crippen LogP contribution in [-0.4, -0.2) is 21.9 Å². The Morgan fingerprint density at radius 2 is 1.88 bits per heavy atom. The van der Waals surface area contributed by atoms with Gasteiger partial charge in [0.1, 0.15) is 0 Å². The lowest BCUT2D eigenvalue weighted by atomic mass is 9.78. The maximum absolute atomic E-state index is 10.3. The molecule has 0 bridgehead atoms. The van der Waals surface area contributed by atoms with Crippen LogP contribution in [0.15, 0.2) is 11.6 Å².